The van der Waals surface area contributed by atoms with E-state index >= 15 is 0 Å². The Morgan fingerprint density at radius 3 is 2.65 bits per heavy atom. The maximum Gasteiger partial charge on any atom is 0.237 e. The summed E-state index contributed by atoms with van der Waals surface area (Å²) in [6, 6.07) is 3.51. The standard InChI is InChI=1S/C19H25F2N3O2/c20-15-5-1-6-16(21)14(15)10-18(25)24-9-3-4-13(12-24)11-23-19(26)17-7-2-8-22-17/h1,5-6,13,17,22H,2-4,7-12H2,(H,23,26). The van der Waals surface area contributed by atoms with Gasteiger partial charge in [-0.15, -0.1) is 0 Å². The van der Waals surface area contributed by atoms with Gasteiger partial charge in [0.15, 0.2) is 0 Å². The fraction of sp³-hybridized carbons (Fsp3) is 0.579. The maximum atomic E-state index is 13.7. The van der Waals surface area contributed by atoms with Crippen molar-refractivity contribution in [1.29, 1.82) is 0 Å². The van der Waals surface area contributed by atoms with Crippen LogP contribution in [-0.4, -0.2) is 48.9 Å². The van der Waals surface area contributed by atoms with Crippen LogP contribution in [0.15, 0.2) is 18.2 Å². The molecular formula is C19H25F2N3O2. The lowest BCUT2D eigenvalue weighted by atomic mass is 9.97. The SMILES string of the molecule is O=C(NCC1CCCN(C(=O)Cc2c(F)cccc2F)C1)C1CCCN1. The summed E-state index contributed by atoms with van der Waals surface area (Å²) in [5, 5.41) is 6.12. The summed E-state index contributed by atoms with van der Waals surface area (Å²) in [6.07, 6.45) is 3.35. The molecule has 2 N–H and O–H groups in total. The van der Waals surface area contributed by atoms with Gasteiger partial charge in [-0.05, 0) is 50.3 Å². The van der Waals surface area contributed by atoms with Gasteiger partial charge in [0.25, 0.3) is 0 Å². The number of halogens is 2. The average Bonchev–Trinajstić information content (AvgIpc) is 3.18. The monoisotopic (exact) mass is 365 g/mol. The molecule has 0 aliphatic carbocycles. The Labute approximate surface area is 152 Å². The van der Waals surface area contributed by atoms with Gasteiger partial charge in [-0.3, -0.25) is 9.59 Å². The second-order valence-corrected chi connectivity index (χ2v) is 7.12. The Morgan fingerprint density at radius 2 is 1.96 bits per heavy atom. The van der Waals surface area contributed by atoms with Crippen molar-refractivity contribution in [2.45, 2.75) is 38.1 Å². The van der Waals surface area contributed by atoms with Gasteiger partial charge in [0.05, 0.1) is 12.5 Å². The molecule has 0 aromatic heterocycles. The van der Waals surface area contributed by atoms with Crippen LogP contribution in [0.5, 0.6) is 0 Å². The van der Waals surface area contributed by atoms with E-state index in [1.165, 1.54) is 6.07 Å². The summed E-state index contributed by atoms with van der Waals surface area (Å²) >= 11 is 0. The van der Waals surface area contributed by atoms with Gasteiger partial charge in [0, 0.05) is 25.2 Å². The summed E-state index contributed by atoms with van der Waals surface area (Å²) < 4.78 is 27.5. The number of hydrogen-bond donors (Lipinski definition) is 2. The molecule has 2 aliphatic heterocycles. The van der Waals surface area contributed by atoms with Crippen LogP contribution in [0.3, 0.4) is 0 Å². The van der Waals surface area contributed by atoms with E-state index < -0.39 is 11.6 Å². The molecule has 5 nitrogen and oxygen atoms in total. The largest absolute Gasteiger partial charge is 0.354 e. The van der Waals surface area contributed by atoms with Gasteiger partial charge >= 0.3 is 0 Å². The first-order chi connectivity index (χ1) is 12.5. The van der Waals surface area contributed by atoms with Crippen molar-refractivity contribution in [1.82, 2.24) is 15.5 Å². The summed E-state index contributed by atoms with van der Waals surface area (Å²) in [5.41, 5.74) is -0.180. The van der Waals surface area contributed by atoms with Crippen LogP contribution in [0.25, 0.3) is 0 Å². The Kier molecular flexibility index (Phi) is 6.19. The van der Waals surface area contributed by atoms with Crippen molar-refractivity contribution in [2.24, 2.45) is 5.92 Å². The van der Waals surface area contributed by atoms with Crippen molar-refractivity contribution in [3.63, 3.8) is 0 Å². The summed E-state index contributed by atoms with van der Waals surface area (Å²) in [6.45, 7) is 2.49. The Balaban J connectivity index is 1.51. The summed E-state index contributed by atoms with van der Waals surface area (Å²) in [5.74, 6) is -1.48. The topological polar surface area (TPSA) is 61.4 Å². The van der Waals surface area contributed by atoms with Gasteiger partial charge in [-0.1, -0.05) is 6.07 Å². The number of nitrogens with zero attached hydrogens (tertiary/aromatic N) is 1. The van der Waals surface area contributed by atoms with E-state index in [-0.39, 0.29) is 35.8 Å². The van der Waals surface area contributed by atoms with Crippen molar-refractivity contribution in [2.75, 3.05) is 26.2 Å². The highest BCUT2D eigenvalue weighted by atomic mass is 19.1. The zero-order valence-corrected chi connectivity index (χ0v) is 14.8. The van der Waals surface area contributed by atoms with Gasteiger partial charge < -0.3 is 15.5 Å². The molecule has 1 aromatic rings. The van der Waals surface area contributed by atoms with Crippen LogP contribution in [0.4, 0.5) is 8.78 Å². The third-order valence-electron chi connectivity index (χ3n) is 5.20. The maximum absolute atomic E-state index is 13.7. The minimum atomic E-state index is -0.691. The number of carbonyl (C=O) groups is 2. The fourth-order valence-corrected chi connectivity index (χ4v) is 3.70. The smallest absolute Gasteiger partial charge is 0.237 e. The predicted molar refractivity (Wildman–Crippen MR) is 93.4 cm³/mol. The number of likely N-dealkylation sites (tertiary alicyclic amines) is 1. The van der Waals surface area contributed by atoms with Crippen LogP contribution in [0, 0.1) is 17.6 Å². The Bertz CT molecular complexity index is 642. The molecule has 26 heavy (non-hydrogen) atoms. The zero-order valence-electron chi connectivity index (χ0n) is 14.8. The first-order valence-electron chi connectivity index (χ1n) is 9.26. The lowest BCUT2D eigenvalue weighted by Crippen LogP contribution is -2.47. The first kappa shape index (κ1) is 18.8. The molecule has 2 atom stereocenters. The number of amides is 2. The van der Waals surface area contributed by atoms with Crippen LogP contribution in [0.1, 0.15) is 31.2 Å². The second-order valence-electron chi connectivity index (χ2n) is 7.12. The van der Waals surface area contributed by atoms with E-state index in [1.807, 2.05) is 0 Å². The third kappa shape index (κ3) is 4.58. The number of nitrogens with one attached hydrogen (secondary N) is 2. The number of rotatable bonds is 5. The van der Waals surface area contributed by atoms with Crippen molar-refractivity contribution in [3.8, 4) is 0 Å². The first-order valence-corrected chi connectivity index (χ1v) is 9.26. The Hall–Kier alpha value is -2.02. The normalized spacial score (nSPS) is 23.1. The number of hydrogen-bond acceptors (Lipinski definition) is 3. The van der Waals surface area contributed by atoms with E-state index in [0.29, 0.717) is 19.6 Å². The Morgan fingerprint density at radius 1 is 1.19 bits per heavy atom. The highest BCUT2D eigenvalue weighted by Crippen LogP contribution is 2.19. The van der Waals surface area contributed by atoms with E-state index in [9.17, 15) is 18.4 Å². The molecule has 1 aromatic carbocycles. The fourth-order valence-electron chi connectivity index (χ4n) is 3.70. The molecule has 0 spiro atoms. The minimum Gasteiger partial charge on any atom is -0.354 e. The van der Waals surface area contributed by atoms with Gasteiger partial charge in [-0.2, -0.15) is 0 Å². The molecule has 0 radical (unpaired) electrons. The number of benzene rings is 1. The molecule has 0 bridgehead atoms. The molecular weight excluding hydrogens is 340 g/mol. The van der Waals surface area contributed by atoms with Gasteiger partial charge in [-0.25, -0.2) is 8.78 Å². The van der Waals surface area contributed by atoms with Gasteiger partial charge in [0.2, 0.25) is 11.8 Å². The molecule has 2 aliphatic rings. The molecule has 2 saturated heterocycles. The quantitative estimate of drug-likeness (QED) is 0.834. The molecule has 2 amide bonds. The molecule has 142 valence electrons. The molecule has 3 rings (SSSR count). The number of carbonyl (C=O) groups excluding carboxylic acids is 2. The van der Waals surface area contributed by atoms with Gasteiger partial charge in [0.1, 0.15) is 11.6 Å². The number of piperidine rings is 1. The molecule has 7 heteroatoms. The average molecular weight is 365 g/mol. The lowest BCUT2D eigenvalue weighted by Gasteiger charge is -2.33. The molecule has 2 fully saturated rings. The predicted octanol–water partition coefficient (Wildman–Crippen LogP) is 1.61. The van der Waals surface area contributed by atoms with Crippen molar-refractivity contribution in [3.05, 3.63) is 35.4 Å². The van der Waals surface area contributed by atoms with Crippen LogP contribution in [-0.2, 0) is 16.0 Å². The summed E-state index contributed by atoms with van der Waals surface area (Å²) in [7, 11) is 0. The highest BCUT2D eigenvalue weighted by Gasteiger charge is 2.27. The van der Waals surface area contributed by atoms with Crippen LogP contribution >= 0.6 is 0 Å². The zero-order chi connectivity index (χ0) is 18.5. The lowest BCUT2D eigenvalue weighted by molar-refractivity contribution is -0.132. The van der Waals surface area contributed by atoms with E-state index in [1.54, 1.807) is 4.90 Å². The molecule has 2 heterocycles. The van der Waals surface area contributed by atoms with Crippen molar-refractivity contribution < 1.29 is 18.4 Å². The molecule has 0 saturated carbocycles. The van der Waals surface area contributed by atoms with Crippen LogP contribution in [0.2, 0.25) is 0 Å². The summed E-state index contributed by atoms with van der Waals surface area (Å²) in [4.78, 5) is 26.2. The highest BCUT2D eigenvalue weighted by molar-refractivity contribution is 5.82. The third-order valence-corrected chi connectivity index (χ3v) is 5.20. The van der Waals surface area contributed by atoms with Crippen molar-refractivity contribution >= 4 is 11.8 Å². The van der Waals surface area contributed by atoms with E-state index in [4.69, 9.17) is 0 Å². The second kappa shape index (κ2) is 8.58. The van der Waals surface area contributed by atoms with Crippen LogP contribution < -0.4 is 10.6 Å². The van der Waals surface area contributed by atoms with E-state index in [2.05, 4.69) is 10.6 Å². The minimum absolute atomic E-state index is 0.0133. The molecule has 2 unspecified atom stereocenters. The van der Waals surface area contributed by atoms with E-state index in [0.717, 1.165) is 44.4 Å².